The number of nitriles is 1. The Bertz CT molecular complexity index is 1370. The first-order chi connectivity index (χ1) is 17.3. The van der Waals surface area contributed by atoms with Crippen molar-refractivity contribution in [1.29, 1.82) is 5.26 Å². The Morgan fingerprint density at radius 3 is 2.25 bits per heavy atom. The number of thioether (sulfide) groups is 1. The predicted molar refractivity (Wildman–Crippen MR) is 147 cm³/mol. The van der Waals surface area contributed by atoms with Crippen LogP contribution in [0.3, 0.4) is 0 Å². The molecule has 1 aliphatic rings. The molecule has 2 amide bonds. The molecule has 0 aromatic heterocycles. The number of nitrogens with one attached hydrogen (secondary N) is 1. The molecule has 0 bridgehead atoms. The molecule has 1 N–H and O–H groups in total. The maximum absolute atomic E-state index is 13.7. The maximum atomic E-state index is 13.7. The summed E-state index contributed by atoms with van der Waals surface area (Å²) < 4.78 is 0. The summed E-state index contributed by atoms with van der Waals surface area (Å²) in [5, 5.41) is 12.8. The van der Waals surface area contributed by atoms with Gasteiger partial charge >= 0.3 is 0 Å². The highest BCUT2D eigenvalue weighted by Crippen LogP contribution is 2.42. The van der Waals surface area contributed by atoms with Gasteiger partial charge in [0.15, 0.2) is 0 Å². The number of anilines is 2. The molecule has 0 spiro atoms. The van der Waals surface area contributed by atoms with Crippen LogP contribution in [0.2, 0.25) is 0 Å². The summed E-state index contributed by atoms with van der Waals surface area (Å²) in [6, 6.07) is 23.4. The standard InChI is InChI=1S/C30H29N3O2S/c1-5-22-9-11-23(12-10-22)17-27-29(35)33(25-15-8-20(3)21(4)16-25)30(36-27)26(18-31)28(34)32-24-13-6-19(2)7-14-24/h6-16,27H,5,17H2,1-4H3,(H,32,34)/b30-26-. The predicted octanol–water partition coefficient (Wildman–Crippen LogP) is 6.24. The first kappa shape index (κ1) is 25.3. The van der Waals surface area contributed by atoms with E-state index >= 15 is 0 Å². The largest absolute Gasteiger partial charge is 0.321 e. The highest BCUT2D eigenvalue weighted by molar-refractivity contribution is 8.05. The van der Waals surface area contributed by atoms with Crippen molar-refractivity contribution in [3.8, 4) is 6.07 Å². The number of aryl methyl sites for hydroxylation is 4. The average molecular weight is 496 g/mol. The Morgan fingerprint density at radius 2 is 1.64 bits per heavy atom. The van der Waals surface area contributed by atoms with Gasteiger partial charge in [0.25, 0.3) is 5.91 Å². The lowest BCUT2D eigenvalue weighted by Crippen LogP contribution is -2.31. The van der Waals surface area contributed by atoms with Crippen LogP contribution >= 0.6 is 11.8 Å². The van der Waals surface area contributed by atoms with Crippen molar-refractivity contribution in [2.75, 3.05) is 10.2 Å². The van der Waals surface area contributed by atoms with Gasteiger partial charge in [0.2, 0.25) is 5.91 Å². The molecule has 4 rings (SSSR count). The molecule has 5 nitrogen and oxygen atoms in total. The molecule has 1 atom stereocenters. The van der Waals surface area contributed by atoms with Gasteiger partial charge in [-0.3, -0.25) is 14.5 Å². The van der Waals surface area contributed by atoms with E-state index in [1.54, 1.807) is 12.1 Å². The molecule has 1 aliphatic heterocycles. The lowest BCUT2D eigenvalue weighted by Gasteiger charge is -2.20. The first-order valence-corrected chi connectivity index (χ1v) is 12.9. The normalized spacial score (nSPS) is 16.6. The van der Waals surface area contributed by atoms with Gasteiger partial charge in [-0.2, -0.15) is 5.26 Å². The third kappa shape index (κ3) is 5.37. The molecular weight excluding hydrogens is 466 g/mol. The SMILES string of the molecule is CCc1ccc(CC2S/C(=C(/C#N)C(=O)Nc3ccc(C)cc3)N(c3ccc(C)c(C)c3)C2=O)cc1. The van der Waals surface area contributed by atoms with Gasteiger partial charge in [-0.25, -0.2) is 0 Å². The fourth-order valence-corrected chi connectivity index (χ4v) is 5.35. The molecule has 3 aromatic carbocycles. The van der Waals surface area contributed by atoms with Crippen molar-refractivity contribution in [3.05, 3.63) is 105 Å². The van der Waals surface area contributed by atoms with Crippen LogP contribution in [-0.2, 0) is 22.4 Å². The average Bonchev–Trinajstić information content (AvgIpc) is 3.18. The second-order valence-electron chi connectivity index (χ2n) is 9.03. The summed E-state index contributed by atoms with van der Waals surface area (Å²) in [5.74, 6) is -0.660. The van der Waals surface area contributed by atoms with Gasteiger partial charge < -0.3 is 5.32 Å². The van der Waals surface area contributed by atoms with E-state index in [1.807, 2.05) is 63.2 Å². The number of nitrogens with zero attached hydrogens (tertiary/aromatic N) is 2. The lowest BCUT2D eigenvalue weighted by molar-refractivity contribution is -0.117. The number of benzene rings is 3. The zero-order valence-electron chi connectivity index (χ0n) is 21.0. The maximum Gasteiger partial charge on any atom is 0.269 e. The molecule has 182 valence electrons. The van der Waals surface area contributed by atoms with Gasteiger partial charge in [-0.1, -0.05) is 66.7 Å². The van der Waals surface area contributed by atoms with Crippen LogP contribution < -0.4 is 10.2 Å². The van der Waals surface area contributed by atoms with Crippen LogP contribution in [-0.4, -0.2) is 17.1 Å². The summed E-state index contributed by atoms with van der Waals surface area (Å²) in [4.78, 5) is 28.5. The molecule has 1 unspecified atom stereocenters. The van der Waals surface area contributed by atoms with Crippen LogP contribution in [0.15, 0.2) is 77.3 Å². The molecule has 1 fully saturated rings. The number of hydrogen-bond acceptors (Lipinski definition) is 4. The molecule has 0 radical (unpaired) electrons. The van der Waals surface area contributed by atoms with Crippen LogP contribution in [0.25, 0.3) is 0 Å². The molecule has 0 saturated carbocycles. The molecule has 1 heterocycles. The minimum atomic E-state index is -0.529. The monoisotopic (exact) mass is 495 g/mol. The van der Waals surface area contributed by atoms with Crippen LogP contribution in [0.5, 0.6) is 0 Å². The van der Waals surface area contributed by atoms with Gasteiger partial charge in [0.1, 0.15) is 16.7 Å². The van der Waals surface area contributed by atoms with Crippen molar-refractivity contribution >= 4 is 35.0 Å². The Balaban J connectivity index is 1.72. The Morgan fingerprint density at radius 1 is 0.972 bits per heavy atom. The number of hydrogen-bond donors (Lipinski definition) is 1. The molecule has 36 heavy (non-hydrogen) atoms. The smallest absolute Gasteiger partial charge is 0.269 e. The Labute approximate surface area is 216 Å². The van der Waals surface area contributed by atoms with E-state index in [-0.39, 0.29) is 11.5 Å². The van der Waals surface area contributed by atoms with E-state index in [9.17, 15) is 14.9 Å². The van der Waals surface area contributed by atoms with E-state index in [4.69, 9.17) is 0 Å². The van der Waals surface area contributed by atoms with Crippen LogP contribution in [0.1, 0.15) is 34.7 Å². The fourth-order valence-electron chi connectivity index (χ4n) is 4.04. The molecule has 3 aromatic rings. The summed E-state index contributed by atoms with van der Waals surface area (Å²) in [6.07, 6.45) is 1.46. The lowest BCUT2D eigenvalue weighted by atomic mass is 10.0. The quantitative estimate of drug-likeness (QED) is 0.325. The highest BCUT2D eigenvalue weighted by Gasteiger charge is 2.41. The van der Waals surface area contributed by atoms with E-state index in [2.05, 4.69) is 30.4 Å². The summed E-state index contributed by atoms with van der Waals surface area (Å²) in [6.45, 7) is 8.06. The second-order valence-corrected chi connectivity index (χ2v) is 10.2. The highest BCUT2D eigenvalue weighted by atomic mass is 32.2. The fraction of sp³-hybridized carbons (Fsp3) is 0.233. The number of amides is 2. The van der Waals surface area contributed by atoms with Crippen molar-refractivity contribution in [2.24, 2.45) is 0 Å². The Kier molecular flexibility index (Phi) is 7.61. The first-order valence-electron chi connectivity index (χ1n) is 12.0. The molecule has 0 aliphatic carbocycles. The van der Waals surface area contributed by atoms with E-state index < -0.39 is 11.2 Å². The number of carbonyl (C=O) groups excluding carboxylic acids is 2. The minimum absolute atomic E-state index is 0.0732. The van der Waals surface area contributed by atoms with E-state index in [1.165, 1.54) is 22.2 Å². The van der Waals surface area contributed by atoms with E-state index in [0.717, 1.165) is 28.7 Å². The minimum Gasteiger partial charge on any atom is -0.321 e. The zero-order valence-corrected chi connectivity index (χ0v) is 21.8. The van der Waals surface area contributed by atoms with Gasteiger partial charge in [0, 0.05) is 11.4 Å². The Hall–Kier alpha value is -3.82. The topological polar surface area (TPSA) is 73.2 Å². The molecule has 1 saturated heterocycles. The van der Waals surface area contributed by atoms with Gasteiger partial charge in [-0.15, -0.1) is 0 Å². The molecular formula is C30H29N3O2S. The summed E-state index contributed by atoms with van der Waals surface area (Å²) >= 11 is 1.28. The zero-order chi connectivity index (χ0) is 25.8. The number of rotatable bonds is 6. The van der Waals surface area contributed by atoms with Gasteiger partial charge in [0.05, 0.1) is 5.25 Å². The van der Waals surface area contributed by atoms with Crippen LogP contribution in [0.4, 0.5) is 11.4 Å². The van der Waals surface area contributed by atoms with Crippen molar-refractivity contribution in [3.63, 3.8) is 0 Å². The summed E-state index contributed by atoms with van der Waals surface area (Å²) in [5.41, 5.74) is 6.67. The second kappa shape index (κ2) is 10.8. The molecule has 6 heteroatoms. The third-order valence-corrected chi connectivity index (χ3v) is 7.68. The number of carbonyl (C=O) groups is 2. The van der Waals surface area contributed by atoms with Crippen molar-refractivity contribution in [1.82, 2.24) is 0 Å². The van der Waals surface area contributed by atoms with Crippen molar-refractivity contribution < 1.29 is 9.59 Å². The summed E-state index contributed by atoms with van der Waals surface area (Å²) in [7, 11) is 0. The van der Waals surface area contributed by atoms with Gasteiger partial charge in [-0.05, 0) is 80.1 Å². The van der Waals surface area contributed by atoms with Crippen molar-refractivity contribution in [2.45, 2.75) is 45.8 Å². The van der Waals surface area contributed by atoms with Crippen LogP contribution in [0, 0.1) is 32.1 Å². The van der Waals surface area contributed by atoms with E-state index in [0.29, 0.717) is 22.8 Å². The third-order valence-electron chi connectivity index (χ3n) is 6.42.